The predicted octanol–water partition coefficient (Wildman–Crippen LogP) is 1.89. The summed E-state index contributed by atoms with van der Waals surface area (Å²) in [4.78, 5) is 0. The van der Waals surface area contributed by atoms with Crippen molar-refractivity contribution in [2.45, 2.75) is 12.2 Å². The smallest absolute Gasteiger partial charge is 0.271 e. The molecule has 0 fully saturated rings. The third kappa shape index (κ3) is 2.43. The molecule has 14 heavy (non-hydrogen) atoms. The summed E-state index contributed by atoms with van der Waals surface area (Å²) in [7, 11) is 0. The van der Waals surface area contributed by atoms with Crippen molar-refractivity contribution in [1.82, 2.24) is 5.43 Å². The topological polar surface area (TPSA) is 38.0 Å². The van der Waals surface area contributed by atoms with Crippen molar-refractivity contribution in [3.8, 4) is 0 Å². The van der Waals surface area contributed by atoms with Gasteiger partial charge in [0.15, 0.2) is 0 Å². The van der Waals surface area contributed by atoms with Gasteiger partial charge in [0.05, 0.1) is 0 Å². The van der Waals surface area contributed by atoms with Crippen LogP contribution in [0, 0.1) is 5.82 Å². The summed E-state index contributed by atoms with van der Waals surface area (Å²) in [5.41, 5.74) is 1.34. The summed E-state index contributed by atoms with van der Waals surface area (Å²) < 4.78 is 49.4. The first-order chi connectivity index (χ1) is 6.45. The molecule has 1 aromatic carbocycles. The lowest BCUT2D eigenvalue weighted by Gasteiger charge is -2.19. The van der Waals surface area contributed by atoms with Gasteiger partial charge in [-0.1, -0.05) is 12.1 Å². The van der Waals surface area contributed by atoms with E-state index in [9.17, 15) is 17.6 Å². The molecule has 2 nitrogen and oxygen atoms in total. The Morgan fingerprint density at radius 1 is 1.29 bits per heavy atom. The molecule has 0 aromatic heterocycles. The van der Waals surface area contributed by atoms with Gasteiger partial charge in [-0.15, -0.1) is 0 Å². The molecular weight excluding hydrogens is 200 g/mol. The second-order valence-corrected chi connectivity index (χ2v) is 2.70. The third-order valence-corrected chi connectivity index (χ3v) is 1.68. The molecule has 0 bridgehead atoms. The first kappa shape index (κ1) is 10.9. The van der Waals surface area contributed by atoms with Crippen molar-refractivity contribution in [3.05, 3.63) is 35.6 Å². The van der Waals surface area contributed by atoms with Crippen molar-refractivity contribution in [3.63, 3.8) is 0 Å². The van der Waals surface area contributed by atoms with Crippen LogP contribution < -0.4 is 11.3 Å². The fraction of sp³-hybridized carbons (Fsp3) is 0.250. The van der Waals surface area contributed by atoms with Crippen LogP contribution in [0.2, 0.25) is 0 Å². The largest absolute Gasteiger partial charge is 0.409 e. The number of hydrogen-bond acceptors (Lipinski definition) is 2. The van der Waals surface area contributed by atoms with Gasteiger partial charge in [-0.3, -0.25) is 5.84 Å². The van der Waals surface area contributed by atoms with Crippen LogP contribution >= 0.6 is 0 Å². The molecule has 1 aromatic rings. The number of halogens is 4. The van der Waals surface area contributed by atoms with E-state index in [0.717, 1.165) is 18.2 Å². The molecule has 0 unspecified atom stereocenters. The van der Waals surface area contributed by atoms with Gasteiger partial charge in [0, 0.05) is 0 Å². The van der Waals surface area contributed by atoms with Gasteiger partial charge in [-0.2, -0.15) is 13.2 Å². The lowest BCUT2D eigenvalue weighted by atomic mass is 10.1. The van der Waals surface area contributed by atoms with Crippen LogP contribution in [0.5, 0.6) is 0 Å². The molecule has 3 N–H and O–H groups in total. The van der Waals surface area contributed by atoms with Gasteiger partial charge in [0.1, 0.15) is 11.9 Å². The van der Waals surface area contributed by atoms with Crippen LogP contribution in [0.1, 0.15) is 11.6 Å². The van der Waals surface area contributed by atoms with Crippen molar-refractivity contribution in [1.29, 1.82) is 0 Å². The molecular formula is C8H8F4N2. The normalized spacial score (nSPS) is 14.1. The quantitative estimate of drug-likeness (QED) is 0.442. The Morgan fingerprint density at radius 2 is 1.93 bits per heavy atom. The zero-order chi connectivity index (χ0) is 10.8. The highest BCUT2D eigenvalue weighted by molar-refractivity contribution is 5.21. The molecule has 6 heteroatoms. The number of rotatable bonds is 2. The maximum atomic E-state index is 12.6. The van der Waals surface area contributed by atoms with E-state index < -0.39 is 18.0 Å². The van der Waals surface area contributed by atoms with Crippen molar-refractivity contribution in [2.24, 2.45) is 5.84 Å². The number of hydrazine groups is 1. The number of benzene rings is 1. The second kappa shape index (κ2) is 3.93. The summed E-state index contributed by atoms with van der Waals surface area (Å²) in [5.74, 6) is 4.02. The van der Waals surface area contributed by atoms with E-state index in [4.69, 9.17) is 5.84 Å². The van der Waals surface area contributed by atoms with Crippen LogP contribution in [-0.4, -0.2) is 6.18 Å². The minimum atomic E-state index is -4.54. The molecule has 0 saturated carbocycles. The first-order valence-corrected chi connectivity index (χ1v) is 3.73. The van der Waals surface area contributed by atoms with Gasteiger partial charge in [-0.05, 0) is 17.7 Å². The lowest BCUT2D eigenvalue weighted by Crippen LogP contribution is -2.38. The summed E-state index contributed by atoms with van der Waals surface area (Å²) in [6.07, 6.45) is -4.54. The number of hydrogen-bond donors (Lipinski definition) is 2. The summed E-state index contributed by atoms with van der Waals surface area (Å²) in [5, 5.41) is 0. The first-order valence-electron chi connectivity index (χ1n) is 3.73. The van der Waals surface area contributed by atoms with E-state index in [1.54, 1.807) is 5.43 Å². The molecule has 0 aliphatic rings. The average molecular weight is 208 g/mol. The van der Waals surface area contributed by atoms with Crippen molar-refractivity contribution in [2.75, 3.05) is 0 Å². The molecule has 0 saturated heterocycles. The monoisotopic (exact) mass is 208 g/mol. The van der Waals surface area contributed by atoms with Crippen LogP contribution in [0.4, 0.5) is 17.6 Å². The van der Waals surface area contributed by atoms with Crippen LogP contribution in [0.15, 0.2) is 24.3 Å². The van der Waals surface area contributed by atoms with Gasteiger partial charge < -0.3 is 0 Å². The molecule has 1 rings (SSSR count). The van der Waals surface area contributed by atoms with Crippen LogP contribution in [0.3, 0.4) is 0 Å². The third-order valence-electron chi connectivity index (χ3n) is 1.68. The van der Waals surface area contributed by atoms with E-state index in [1.807, 2.05) is 0 Å². The fourth-order valence-electron chi connectivity index (χ4n) is 1.07. The Kier molecular flexibility index (Phi) is 3.07. The molecule has 0 aliphatic carbocycles. The second-order valence-electron chi connectivity index (χ2n) is 2.70. The van der Waals surface area contributed by atoms with Gasteiger partial charge in [-0.25, -0.2) is 9.82 Å². The number of alkyl halides is 3. The summed E-state index contributed by atoms with van der Waals surface area (Å²) >= 11 is 0. The molecule has 0 radical (unpaired) electrons. The number of nitrogens with two attached hydrogens (primary N) is 1. The fourth-order valence-corrected chi connectivity index (χ4v) is 1.07. The van der Waals surface area contributed by atoms with E-state index in [-0.39, 0.29) is 5.56 Å². The molecule has 0 amide bonds. The van der Waals surface area contributed by atoms with E-state index in [2.05, 4.69) is 0 Å². The Hall–Kier alpha value is -1.14. The van der Waals surface area contributed by atoms with Crippen LogP contribution in [0.25, 0.3) is 0 Å². The number of nitrogens with one attached hydrogen (secondary N) is 1. The maximum Gasteiger partial charge on any atom is 0.409 e. The Labute approximate surface area is 77.7 Å². The Balaban J connectivity index is 3.01. The zero-order valence-corrected chi connectivity index (χ0v) is 6.98. The molecule has 0 aliphatic heterocycles. The van der Waals surface area contributed by atoms with Crippen LogP contribution in [-0.2, 0) is 0 Å². The maximum absolute atomic E-state index is 12.6. The Morgan fingerprint density at radius 3 is 2.36 bits per heavy atom. The molecule has 0 spiro atoms. The van der Waals surface area contributed by atoms with Gasteiger partial charge in [0.2, 0.25) is 0 Å². The van der Waals surface area contributed by atoms with Gasteiger partial charge >= 0.3 is 6.18 Å². The molecule has 0 heterocycles. The van der Waals surface area contributed by atoms with Gasteiger partial charge in [0.25, 0.3) is 0 Å². The van der Waals surface area contributed by atoms with E-state index in [0.29, 0.717) is 0 Å². The predicted molar refractivity (Wildman–Crippen MR) is 42.5 cm³/mol. The van der Waals surface area contributed by atoms with Crippen molar-refractivity contribution >= 4 is 0 Å². The zero-order valence-electron chi connectivity index (χ0n) is 6.98. The summed E-state index contributed by atoms with van der Waals surface area (Å²) in [6, 6.07) is 2.16. The molecule has 1 atom stereocenters. The minimum absolute atomic E-state index is 0.250. The SMILES string of the molecule is NN[C@H](c1cccc(F)c1)C(F)(F)F. The highest BCUT2D eigenvalue weighted by atomic mass is 19.4. The molecule has 78 valence electrons. The average Bonchev–Trinajstić information content (AvgIpc) is 2.02. The highest BCUT2D eigenvalue weighted by Crippen LogP contribution is 2.31. The summed E-state index contributed by atoms with van der Waals surface area (Å²) in [6.45, 7) is 0. The standard InChI is InChI=1S/C8H8F4N2/c9-6-3-1-2-5(4-6)7(14-13)8(10,11)12/h1-4,7,14H,13H2/t7-/m1/s1. The van der Waals surface area contributed by atoms with E-state index in [1.165, 1.54) is 6.07 Å². The highest BCUT2D eigenvalue weighted by Gasteiger charge is 2.40. The Bertz CT molecular complexity index is 310. The van der Waals surface area contributed by atoms with E-state index >= 15 is 0 Å². The minimum Gasteiger partial charge on any atom is -0.271 e. The van der Waals surface area contributed by atoms with Crippen molar-refractivity contribution < 1.29 is 17.6 Å². The lowest BCUT2D eigenvalue weighted by molar-refractivity contribution is -0.157.